The zero-order valence-corrected chi connectivity index (χ0v) is 36.7. The summed E-state index contributed by atoms with van der Waals surface area (Å²) in [5.74, 6) is -0.364. The first-order valence-corrected chi connectivity index (χ1v) is 23.9. The molecular weight excluding hydrogens is 721 g/mol. The third kappa shape index (κ3) is 43.1. The van der Waals surface area contributed by atoms with Gasteiger partial charge in [0.15, 0.2) is 0 Å². The lowest BCUT2D eigenvalue weighted by Crippen LogP contribution is -2.28. The molecule has 0 saturated carbocycles. The largest absolute Gasteiger partial charge is 0.472 e. The molecule has 3 N–H and O–H groups in total. The number of rotatable bonds is 42. The van der Waals surface area contributed by atoms with Crippen LogP contribution < -0.4 is 5.73 Å². The number of ether oxygens (including phenoxy) is 2. The normalized spacial score (nSPS) is 14.1. The molecule has 0 radical (unpaired) electrons. The van der Waals surface area contributed by atoms with E-state index in [0.29, 0.717) is 6.61 Å². The van der Waals surface area contributed by atoms with Gasteiger partial charge in [-0.15, -0.1) is 0 Å². The molecule has 0 amide bonds. The fraction of sp³-hybridized carbons (Fsp3) is 0.723. The minimum absolute atomic E-state index is 0.0909. The van der Waals surface area contributed by atoms with Gasteiger partial charge in [-0.05, 0) is 83.5 Å². The Morgan fingerprint density at radius 2 is 1.00 bits per heavy atom. The van der Waals surface area contributed by atoms with Crippen molar-refractivity contribution in [1.82, 2.24) is 0 Å². The molecule has 0 bridgehead atoms. The second-order valence-electron chi connectivity index (χ2n) is 14.5. The second kappa shape index (κ2) is 44.1. The first kappa shape index (κ1) is 53.9. The van der Waals surface area contributed by atoms with Gasteiger partial charge in [-0.25, -0.2) is 4.57 Å². The number of hydrogen-bond acceptors (Lipinski definition) is 7. The summed E-state index contributed by atoms with van der Waals surface area (Å²) in [5.41, 5.74) is 5.37. The maximum atomic E-state index is 12.6. The van der Waals surface area contributed by atoms with Gasteiger partial charge in [-0.1, -0.05) is 164 Å². The molecule has 56 heavy (non-hydrogen) atoms. The predicted molar refractivity (Wildman–Crippen MR) is 238 cm³/mol. The lowest BCUT2D eigenvalue weighted by Gasteiger charge is -2.20. The average Bonchev–Trinajstić information content (AvgIpc) is 3.19. The molecule has 2 atom stereocenters. The first-order chi connectivity index (χ1) is 27.4. The van der Waals surface area contributed by atoms with Crippen LogP contribution in [-0.2, 0) is 27.9 Å². The second-order valence-corrected chi connectivity index (χ2v) is 16.0. The summed E-state index contributed by atoms with van der Waals surface area (Å²) in [4.78, 5) is 22.4. The van der Waals surface area contributed by atoms with Crippen molar-refractivity contribution in [2.75, 3.05) is 33.0 Å². The van der Waals surface area contributed by atoms with Crippen molar-refractivity contribution < 1.29 is 32.8 Å². The molecule has 0 aromatic rings. The van der Waals surface area contributed by atoms with E-state index < -0.39 is 13.9 Å². The van der Waals surface area contributed by atoms with Crippen LogP contribution in [0.3, 0.4) is 0 Å². The van der Waals surface area contributed by atoms with E-state index >= 15 is 0 Å². The maximum Gasteiger partial charge on any atom is 0.472 e. The molecule has 0 aliphatic carbocycles. The smallest absolute Gasteiger partial charge is 0.457 e. The SMILES string of the molecule is CC/C=C\C/C=C\C/C=C\CCCCCC(=O)OC(COCCCCCCCCCCC/C=C\C/C=C\C/C=C\CCCCCCC)COP(=O)(O)OCCN. The van der Waals surface area contributed by atoms with Crippen LogP contribution in [0.15, 0.2) is 72.9 Å². The van der Waals surface area contributed by atoms with E-state index in [1.165, 1.54) is 89.9 Å². The molecule has 0 aromatic carbocycles. The molecule has 8 nitrogen and oxygen atoms in total. The van der Waals surface area contributed by atoms with E-state index in [9.17, 15) is 14.3 Å². The monoisotopic (exact) mass is 806 g/mol. The molecule has 2 unspecified atom stereocenters. The van der Waals surface area contributed by atoms with E-state index in [1.54, 1.807) is 0 Å². The molecule has 9 heteroatoms. The van der Waals surface area contributed by atoms with Crippen molar-refractivity contribution in [3.05, 3.63) is 72.9 Å². The third-order valence-corrected chi connectivity index (χ3v) is 10.1. The number of allylic oxidation sites excluding steroid dienone is 12. The number of carbonyl (C=O) groups is 1. The summed E-state index contributed by atoms with van der Waals surface area (Å²) in [6, 6.07) is 0. The van der Waals surface area contributed by atoms with Crippen molar-refractivity contribution in [3.63, 3.8) is 0 Å². The van der Waals surface area contributed by atoms with Gasteiger partial charge in [0.25, 0.3) is 0 Å². The summed E-state index contributed by atoms with van der Waals surface area (Å²) in [5, 5.41) is 0. The number of phosphoric acid groups is 1. The van der Waals surface area contributed by atoms with Crippen LogP contribution in [-0.4, -0.2) is 49.9 Å². The van der Waals surface area contributed by atoms with Gasteiger partial charge in [-0.2, -0.15) is 0 Å². The minimum Gasteiger partial charge on any atom is -0.457 e. The summed E-state index contributed by atoms with van der Waals surface area (Å²) >= 11 is 0. The topological polar surface area (TPSA) is 117 Å². The Hall–Kier alpha value is -2.06. The van der Waals surface area contributed by atoms with Gasteiger partial charge in [0.1, 0.15) is 6.10 Å². The number of esters is 1. The number of unbranched alkanes of at least 4 members (excludes halogenated alkanes) is 17. The molecule has 324 valence electrons. The molecule has 0 heterocycles. The Balaban J connectivity index is 4.01. The molecule has 0 aliphatic rings. The van der Waals surface area contributed by atoms with Gasteiger partial charge in [0.05, 0.1) is 19.8 Å². The molecule has 0 aromatic heterocycles. The molecular formula is C47H84NO7P. The Kier molecular flexibility index (Phi) is 42.4. The molecule has 0 saturated heterocycles. The fourth-order valence-electron chi connectivity index (χ4n) is 5.84. The van der Waals surface area contributed by atoms with Gasteiger partial charge < -0.3 is 20.1 Å². The summed E-state index contributed by atoms with van der Waals surface area (Å²) in [6.45, 7) is 4.73. The quantitative estimate of drug-likeness (QED) is 0.0271. The minimum atomic E-state index is -4.29. The Morgan fingerprint density at radius 3 is 1.50 bits per heavy atom. The van der Waals surface area contributed by atoms with Crippen LogP contribution in [0.2, 0.25) is 0 Å². The number of nitrogens with two attached hydrogens (primary N) is 1. The highest BCUT2D eigenvalue weighted by atomic mass is 31.2. The van der Waals surface area contributed by atoms with Crippen molar-refractivity contribution in [3.8, 4) is 0 Å². The van der Waals surface area contributed by atoms with Gasteiger partial charge in [0, 0.05) is 19.6 Å². The predicted octanol–water partition coefficient (Wildman–Crippen LogP) is 13.5. The van der Waals surface area contributed by atoms with Crippen molar-refractivity contribution in [2.24, 2.45) is 5.73 Å². The summed E-state index contributed by atoms with van der Waals surface area (Å²) in [6.07, 6.45) is 55.0. The highest BCUT2D eigenvalue weighted by Crippen LogP contribution is 2.43. The summed E-state index contributed by atoms with van der Waals surface area (Å²) in [7, 11) is -4.29. The van der Waals surface area contributed by atoms with Crippen molar-refractivity contribution in [1.29, 1.82) is 0 Å². The van der Waals surface area contributed by atoms with E-state index in [0.717, 1.165) is 70.6 Å². The van der Waals surface area contributed by atoms with Crippen LogP contribution in [0, 0.1) is 0 Å². The van der Waals surface area contributed by atoms with Gasteiger partial charge in [0.2, 0.25) is 0 Å². The van der Waals surface area contributed by atoms with E-state index in [-0.39, 0.29) is 38.8 Å². The highest BCUT2D eigenvalue weighted by Gasteiger charge is 2.25. The van der Waals surface area contributed by atoms with Crippen molar-refractivity contribution >= 4 is 13.8 Å². The van der Waals surface area contributed by atoms with Crippen molar-refractivity contribution in [2.45, 2.75) is 187 Å². The third-order valence-electron chi connectivity index (χ3n) is 9.11. The van der Waals surface area contributed by atoms with Crippen LogP contribution in [0.1, 0.15) is 181 Å². The van der Waals surface area contributed by atoms with E-state index in [1.807, 2.05) is 0 Å². The lowest BCUT2D eigenvalue weighted by molar-refractivity contribution is -0.154. The average molecular weight is 806 g/mol. The molecule has 0 spiro atoms. The molecule has 0 rings (SSSR count). The number of phosphoric ester groups is 1. The highest BCUT2D eigenvalue weighted by molar-refractivity contribution is 7.47. The van der Waals surface area contributed by atoms with Crippen LogP contribution in [0.4, 0.5) is 0 Å². The zero-order chi connectivity index (χ0) is 40.9. The van der Waals surface area contributed by atoms with Gasteiger partial charge >= 0.3 is 13.8 Å². The van der Waals surface area contributed by atoms with Gasteiger partial charge in [-0.3, -0.25) is 13.8 Å². The molecule has 0 aliphatic heterocycles. The zero-order valence-electron chi connectivity index (χ0n) is 35.8. The maximum absolute atomic E-state index is 12.6. The Morgan fingerprint density at radius 1 is 0.554 bits per heavy atom. The van der Waals surface area contributed by atoms with E-state index in [2.05, 4.69) is 86.8 Å². The standard InChI is InChI=1S/C47H84NO7P/c1-3-5-7-9-11-13-15-17-18-19-20-21-22-23-24-25-26-27-29-31-33-35-37-39-42-52-44-46(45-54-56(50,51)53-43-41-48)55-47(49)40-38-36-34-32-30-28-16-14-12-10-8-6-4-2/h6,8,12,14-15,17,19-20,22-23,28,30,46H,3-5,7,9-11,13,16,18,21,24-27,29,31-45,48H2,1-2H3,(H,50,51)/b8-6-,14-12-,17-15-,20-19-,23-22-,30-28-. The van der Waals surface area contributed by atoms with Crippen LogP contribution in [0.25, 0.3) is 0 Å². The molecule has 0 fully saturated rings. The lowest BCUT2D eigenvalue weighted by atomic mass is 10.1. The fourth-order valence-corrected chi connectivity index (χ4v) is 6.61. The number of hydrogen-bond donors (Lipinski definition) is 2. The Bertz CT molecular complexity index is 1080. The van der Waals surface area contributed by atoms with Crippen LogP contribution >= 0.6 is 7.82 Å². The summed E-state index contributed by atoms with van der Waals surface area (Å²) < 4.78 is 33.4. The van der Waals surface area contributed by atoms with E-state index in [4.69, 9.17) is 24.3 Å². The number of carbonyl (C=O) groups excluding carboxylic acids is 1. The van der Waals surface area contributed by atoms with Crippen LogP contribution in [0.5, 0.6) is 0 Å². The Labute approximate surface area is 344 Å². The first-order valence-electron chi connectivity index (χ1n) is 22.4.